The van der Waals surface area contributed by atoms with E-state index in [-0.39, 0.29) is 25.1 Å². The Morgan fingerprint density at radius 3 is 2.48 bits per heavy atom. The maximum absolute atomic E-state index is 12.3. The summed E-state index contributed by atoms with van der Waals surface area (Å²) in [6.45, 7) is 3.00. The van der Waals surface area contributed by atoms with Gasteiger partial charge in [0.15, 0.2) is 9.84 Å². The van der Waals surface area contributed by atoms with Crippen LogP contribution in [0.5, 0.6) is 0 Å². The first-order valence-electron chi connectivity index (χ1n) is 8.17. The number of hydrogen-bond donors (Lipinski definition) is 1. The molecule has 132 valence electrons. The van der Waals surface area contributed by atoms with Crippen molar-refractivity contribution in [3.05, 3.63) is 0 Å². The minimum Gasteiger partial charge on any atom is -0.466 e. The number of likely N-dealkylation sites (tertiary alicyclic amines) is 1. The largest absolute Gasteiger partial charge is 0.466 e. The molecule has 23 heavy (non-hydrogen) atoms. The molecule has 1 N–H and O–H groups in total. The average Bonchev–Trinajstić information content (AvgIpc) is 3.14. The van der Waals surface area contributed by atoms with Gasteiger partial charge in [0, 0.05) is 25.9 Å². The third-order valence-electron chi connectivity index (χ3n) is 4.88. The number of sulfone groups is 1. The molecule has 1 aliphatic heterocycles. The fraction of sp³-hybridized carbons (Fsp3) is 0.867. The molecule has 1 saturated carbocycles. The second-order valence-electron chi connectivity index (χ2n) is 6.55. The van der Waals surface area contributed by atoms with Gasteiger partial charge < -0.3 is 15.0 Å². The summed E-state index contributed by atoms with van der Waals surface area (Å²) in [5.74, 6) is -0.242. The maximum Gasteiger partial charge on any atom is 0.317 e. The number of urea groups is 1. The van der Waals surface area contributed by atoms with Crippen LogP contribution in [0.4, 0.5) is 4.79 Å². The normalized spacial score (nSPS) is 23.7. The lowest BCUT2D eigenvalue weighted by Crippen LogP contribution is -2.47. The van der Waals surface area contributed by atoms with Crippen molar-refractivity contribution >= 4 is 21.8 Å². The zero-order chi connectivity index (χ0) is 17.1. The molecule has 1 unspecified atom stereocenters. The van der Waals surface area contributed by atoms with Crippen molar-refractivity contribution in [1.82, 2.24) is 10.2 Å². The molecule has 1 saturated heterocycles. The van der Waals surface area contributed by atoms with Gasteiger partial charge in [0.2, 0.25) is 0 Å². The minimum absolute atomic E-state index is 0.219. The van der Waals surface area contributed by atoms with Crippen molar-refractivity contribution < 1.29 is 22.7 Å². The van der Waals surface area contributed by atoms with Gasteiger partial charge in [0.25, 0.3) is 0 Å². The van der Waals surface area contributed by atoms with E-state index in [2.05, 4.69) is 5.32 Å². The molecule has 0 aromatic carbocycles. The van der Waals surface area contributed by atoms with E-state index in [4.69, 9.17) is 4.74 Å². The molecule has 0 bridgehead atoms. The molecule has 1 aliphatic carbocycles. The lowest BCUT2D eigenvalue weighted by atomic mass is 9.86. The smallest absolute Gasteiger partial charge is 0.317 e. The quantitative estimate of drug-likeness (QED) is 0.748. The summed E-state index contributed by atoms with van der Waals surface area (Å²) >= 11 is 0. The van der Waals surface area contributed by atoms with Crippen molar-refractivity contribution in [3.8, 4) is 0 Å². The minimum atomic E-state index is -3.13. The summed E-state index contributed by atoms with van der Waals surface area (Å²) in [7, 11) is -3.13. The highest BCUT2D eigenvalue weighted by molar-refractivity contribution is 7.91. The molecular formula is C15H26N2O5S. The predicted octanol–water partition coefficient (Wildman–Crippen LogP) is 0.938. The van der Waals surface area contributed by atoms with Crippen LogP contribution >= 0.6 is 0 Å². The van der Waals surface area contributed by atoms with Crippen LogP contribution < -0.4 is 5.32 Å². The van der Waals surface area contributed by atoms with E-state index in [1.807, 2.05) is 0 Å². The van der Waals surface area contributed by atoms with Crippen molar-refractivity contribution in [3.63, 3.8) is 0 Å². The van der Waals surface area contributed by atoms with Gasteiger partial charge in [-0.3, -0.25) is 4.79 Å². The first kappa shape index (κ1) is 18.0. The molecule has 7 nitrogen and oxygen atoms in total. The Kier molecular flexibility index (Phi) is 5.54. The number of esters is 1. The van der Waals surface area contributed by atoms with Crippen molar-refractivity contribution in [2.45, 2.75) is 44.3 Å². The second-order valence-corrected chi connectivity index (χ2v) is 8.88. The molecule has 1 atom stereocenters. The van der Waals surface area contributed by atoms with Crippen molar-refractivity contribution in [2.24, 2.45) is 5.41 Å². The highest BCUT2D eigenvalue weighted by atomic mass is 32.2. The zero-order valence-electron chi connectivity index (χ0n) is 13.8. The van der Waals surface area contributed by atoms with Crippen molar-refractivity contribution in [1.29, 1.82) is 0 Å². The average molecular weight is 346 g/mol. The molecule has 2 fully saturated rings. The third-order valence-corrected chi connectivity index (χ3v) is 6.48. The van der Waals surface area contributed by atoms with Gasteiger partial charge in [0.05, 0.1) is 17.3 Å². The van der Waals surface area contributed by atoms with Gasteiger partial charge in [-0.2, -0.15) is 0 Å². The van der Waals surface area contributed by atoms with E-state index < -0.39 is 20.5 Å². The fourth-order valence-electron chi connectivity index (χ4n) is 3.41. The van der Waals surface area contributed by atoms with Crippen molar-refractivity contribution in [2.75, 3.05) is 32.5 Å². The summed E-state index contributed by atoms with van der Waals surface area (Å²) in [6.07, 6.45) is 5.02. The van der Waals surface area contributed by atoms with E-state index in [9.17, 15) is 18.0 Å². The lowest BCUT2D eigenvalue weighted by molar-refractivity contribution is -0.154. The summed E-state index contributed by atoms with van der Waals surface area (Å²) in [4.78, 5) is 26.0. The van der Waals surface area contributed by atoms with Crippen LogP contribution in [-0.2, 0) is 19.4 Å². The highest BCUT2D eigenvalue weighted by Gasteiger charge is 2.43. The molecule has 0 aromatic heterocycles. The topological polar surface area (TPSA) is 92.8 Å². The zero-order valence-corrected chi connectivity index (χ0v) is 14.7. The molecule has 1 heterocycles. The Hall–Kier alpha value is -1.31. The fourth-order valence-corrected chi connectivity index (χ4v) is 4.39. The Bertz CT molecular complexity index is 554. The van der Waals surface area contributed by atoms with E-state index >= 15 is 0 Å². The molecule has 2 amide bonds. The molecule has 0 spiro atoms. The SMILES string of the molecule is CCOC(=O)C1(CNC(=O)N2CCC(S(C)(=O)=O)C2)CCCC1. The van der Waals surface area contributed by atoms with E-state index in [0.717, 1.165) is 25.7 Å². The van der Waals surface area contributed by atoms with Gasteiger partial charge in [0.1, 0.15) is 0 Å². The van der Waals surface area contributed by atoms with E-state index in [1.54, 1.807) is 6.92 Å². The monoisotopic (exact) mass is 346 g/mol. The second kappa shape index (κ2) is 7.07. The standard InChI is InChI=1S/C15H26N2O5S/c1-3-22-13(18)15(7-4-5-8-15)11-16-14(19)17-9-6-12(10-17)23(2,20)21/h12H,3-11H2,1-2H3,(H,16,19). The van der Waals surface area contributed by atoms with Gasteiger partial charge in [-0.25, -0.2) is 13.2 Å². The van der Waals surface area contributed by atoms with Crippen LogP contribution in [0.2, 0.25) is 0 Å². The van der Waals surface area contributed by atoms with Gasteiger partial charge in [-0.15, -0.1) is 0 Å². The third kappa shape index (κ3) is 4.16. The number of carbonyl (C=O) groups is 2. The number of ether oxygens (including phenoxy) is 1. The summed E-state index contributed by atoms with van der Waals surface area (Å²) < 4.78 is 28.3. The van der Waals surface area contributed by atoms with Crippen LogP contribution in [0.1, 0.15) is 39.0 Å². The number of hydrogen-bond acceptors (Lipinski definition) is 5. The molecule has 2 aliphatic rings. The van der Waals surface area contributed by atoms with Gasteiger partial charge in [-0.1, -0.05) is 12.8 Å². The van der Waals surface area contributed by atoms with Gasteiger partial charge in [-0.05, 0) is 26.2 Å². The van der Waals surface area contributed by atoms with Crippen LogP contribution in [0, 0.1) is 5.41 Å². The first-order chi connectivity index (χ1) is 10.8. The number of nitrogens with zero attached hydrogens (tertiary/aromatic N) is 1. The van der Waals surface area contributed by atoms with Gasteiger partial charge >= 0.3 is 12.0 Å². The summed E-state index contributed by atoms with van der Waals surface area (Å²) in [6, 6.07) is -0.299. The molecule has 8 heteroatoms. The van der Waals surface area contributed by atoms with E-state index in [0.29, 0.717) is 19.6 Å². The Morgan fingerprint density at radius 1 is 1.30 bits per heavy atom. The van der Waals surface area contributed by atoms with Crippen LogP contribution in [0.15, 0.2) is 0 Å². The maximum atomic E-state index is 12.3. The predicted molar refractivity (Wildman–Crippen MR) is 85.8 cm³/mol. The van der Waals surface area contributed by atoms with E-state index in [1.165, 1.54) is 11.2 Å². The molecule has 0 radical (unpaired) electrons. The number of amides is 2. The number of rotatable bonds is 5. The Morgan fingerprint density at radius 2 is 1.96 bits per heavy atom. The molecule has 0 aromatic rings. The Labute approximate surface area is 137 Å². The van der Waals surface area contributed by atoms with Crippen LogP contribution in [0.25, 0.3) is 0 Å². The first-order valence-corrected chi connectivity index (χ1v) is 10.1. The summed E-state index contributed by atoms with van der Waals surface area (Å²) in [5.41, 5.74) is -0.623. The molecule has 2 rings (SSSR count). The molecular weight excluding hydrogens is 320 g/mol. The number of carbonyl (C=O) groups excluding carboxylic acids is 2. The Balaban J connectivity index is 1.91. The lowest BCUT2D eigenvalue weighted by Gasteiger charge is -2.28. The summed E-state index contributed by atoms with van der Waals surface area (Å²) in [5, 5.41) is 2.32. The van der Waals surface area contributed by atoms with Crippen LogP contribution in [-0.4, -0.2) is 63.1 Å². The number of nitrogens with one attached hydrogen (secondary N) is 1. The highest BCUT2D eigenvalue weighted by Crippen LogP contribution is 2.38. The van der Waals surface area contributed by atoms with Crippen LogP contribution in [0.3, 0.4) is 0 Å².